The molecule has 1 heterocycles. The van der Waals surface area contributed by atoms with Crippen LogP contribution in [0.5, 0.6) is 11.5 Å². The lowest BCUT2D eigenvalue weighted by Crippen LogP contribution is -2.02. The molecule has 0 saturated heterocycles. The van der Waals surface area contributed by atoms with Gasteiger partial charge in [-0.1, -0.05) is 42.8 Å². The van der Waals surface area contributed by atoms with Crippen LogP contribution in [-0.2, 0) is 11.3 Å². The molecule has 0 N–H and O–H groups in total. The van der Waals surface area contributed by atoms with E-state index in [-0.39, 0.29) is 0 Å². The van der Waals surface area contributed by atoms with Crippen molar-refractivity contribution >= 4 is 0 Å². The van der Waals surface area contributed by atoms with Crippen molar-refractivity contribution in [3.8, 4) is 11.5 Å². The lowest BCUT2D eigenvalue weighted by Gasteiger charge is -2.15. The van der Waals surface area contributed by atoms with Crippen LogP contribution in [0, 0.1) is 6.92 Å². The molecule has 2 aromatic carbocycles. The van der Waals surface area contributed by atoms with Gasteiger partial charge in [0, 0.05) is 13.0 Å². The molecular weight excluding hydrogens is 300 g/mol. The second kappa shape index (κ2) is 8.20. The van der Waals surface area contributed by atoms with E-state index in [9.17, 15) is 0 Å². The monoisotopic (exact) mass is 326 g/mol. The van der Waals surface area contributed by atoms with E-state index in [1.54, 1.807) is 0 Å². The second-order valence-electron chi connectivity index (χ2n) is 6.48. The number of rotatable bonds is 6. The first kappa shape index (κ1) is 16.8. The summed E-state index contributed by atoms with van der Waals surface area (Å²) in [5.74, 6) is 2.16. The van der Waals surface area contributed by atoms with Crippen LogP contribution in [-0.4, -0.2) is 19.8 Å². The Labute approximate surface area is 144 Å². The zero-order chi connectivity index (χ0) is 16.8. The predicted molar refractivity (Wildman–Crippen MR) is 95.9 cm³/mol. The number of benzene rings is 2. The van der Waals surface area contributed by atoms with E-state index in [1.807, 2.05) is 6.07 Å². The Bertz CT molecular complexity index is 649. The first-order valence-electron chi connectivity index (χ1n) is 8.75. The van der Waals surface area contributed by atoms with E-state index in [1.165, 1.54) is 16.7 Å². The third-order valence-electron chi connectivity index (χ3n) is 4.43. The van der Waals surface area contributed by atoms with Gasteiger partial charge in [0.25, 0.3) is 0 Å². The molecule has 0 saturated carbocycles. The van der Waals surface area contributed by atoms with Crippen molar-refractivity contribution in [1.82, 2.24) is 0 Å². The second-order valence-corrected chi connectivity index (χ2v) is 6.48. The maximum Gasteiger partial charge on any atom is 0.161 e. The molecule has 1 aliphatic heterocycles. The van der Waals surface area contributed by atoms with E-state index < -0.39 is 0 Å². The molecule has 128 valence electrons. The quantitative estimate of drug-likeness (QED) is 0.709. The van der Waals surface area contributed by atoms with Gasteiger partial charge in [-0.05, 0) is 42.5 Å². The zero-order valence-corrected chi connectivity index (χ0v) is 14.6. The molecule has 3 rings (SSSR count). The van der Waals surface area contributed by atoms with Crippen molar-refractivity contribution in [3.63, 3.8) is 0 Å². The molecule has 0 aliphatic carbocycles. The number of hydrogen-bond donors (Lipinski definition) is 0. The predicted octanol–water partition coefficient (Wildman–Crippen LogP) is 4.87. The smallest absolute Gasteiger partial charge is 0.161 e. The fraction of sp³-hybridized carbons (Fsp3) is 0.429. The molecule has 0 aromatic heterocycles. The Morgan fingerprint density at radius 3 is 2.54 bits per heavy atom. The van der Waals surface area contributed by atoms with Crippen molar-refractivity contribution in [2.75, 3.05) is 19.8 Å². The Kier molecular flexibility index (Phi) is 5.76. The Morgan fingerprint density at radius 1 is 1.00 bits per heavy atom. The van der Waals surface area contributed by atoms with Gasteiger partial charge in [0.15, 0.2) is 11.5 Å². The minimum Gasteiger partial charge on any atom is -0.490 e. The summed E-state index contributed by atoms with van der Waals surface area (Å²) in [6.07, 6.45) is 1.93. The molecule has 1 atom stereocenters. The van der Waals surface area contributed by atoms with E-state index in [0.29, 0.717) is 12.5 Å². The molecule has 1 unspecified atom stereocenters. The van der Waals surface area contributed by atoms with Crippen molar-refractivity contribution in [2.24, 2.45) is 0 Å². The summed E-state index contributed by atoms with van der Waals surface area (Å²) in [5.41, 5.74) is 3.78. The molecule has 24 heavy (non-hydrogen) atoms. The zero-order valence-electron chi connectivity index (χ0n) is 14.6. The largest absolute Gasteiger partial charge is 0.490 e. The number of fused-ring (bicyclic) bond motifs is 1. The van der Waals surface area contributed by atoms with Crippen molar-refractivity contribution in [2.45, 2.75) is 39.2 Å². The van der Waals surface area contributed by atoms with Gasteiger partial charge >= 0.3 is 0 Å². The SMILES string of the molecule is Cc1ccc(COCCC(C)c2ccc3c(c2)OCCCO3)cc1. The summed E-state index contributed by atoms with van der Waals surface area (Å²) < 4.78 is 17.3. The van der Waals surface area contributed by atoms with E-state index >= 15 is 0 Å². The Hall–Kier alpha value is -2.00. The van der Waals surface area contributed by atoms with Crippen LogP contribution < -0.4 is 9.47 Å². The van der Waals surface area contributed by atoms with Crippen molar-refractivity contribution < 1.29 is 14.2 Å². The van der Waals surface area contributed by atoms with Gasteiger partial charge in [-0.25, -0.2) is 0 Å². The maximum atomic E-state index is 5.83. The highest BCUT2D eigenvalue weighted by atomic mass is 16.5. The summed E-state index contributed by atoms with van der Waals surface area (Å²) in [7, 11) is 0. The summed E-state index contributed by atoms with van der Waals surface area (Å²) in [4.78, 5) is 0. The third-order valence-corrected chi connectivity index (χ3v) is 4.43. The fourth-order valence-electron chi connectivity index (χ4n) is 2.79. The molecule has 3 heteroatoms. The molecule has 0 radical (unpaired) electrons. The molecule has 1 aliphatic rings. The first-order chi connectivity index (χ1) is 11.7. The third kappa shape index (κ3) is 4.51. The lowest BCUT2D eigenvalue weighted by molar-refractivity contribution is 0.115. The van der Waals surface area contributed by atoms with Crippen LogP contribution in [0.2, 0.25) is 0 Å². The van der Waals surface area contributed by atoms with Gasteiger partial charge in [0.05, 0.1) is 19.8 Å². The van der Waals surface area contributed by atoms with Crippen LogP contribution in [0.15, 0.2) is 42.5 Å². The highest BCUT2D eigenvalue weighted by Crippen LogP contribution is 2.33. The highest BCUT2D eigenvalue weighted by molar-refractivity contribution is 5.44. The van der Waals surface area contributed by atoms with Crippen LogP contribution in [0.1, 0.15) is 42.4 Å². The fourth-order valence-corrected chi connectivity index (χ4v) is 2.79. The molecular formula is C21H26O3. The molecule has 3 nitrogen and oxygen atoms in total. The van der Waals surface area contributed by atoms with E-state index in [4.69, 9.17) is 14.2 Å². The Balaban J connectivity index is 1.49. The lowest BCUT2D eigenvalue weighted by atomic mass is 9.98. The van der Waals surface area contributed by atoms with Gasteiger partial charge in [-0.3, -0.25) is 0 Å². The van der Waals surface area contributed by atoms with E-state index in [0.717, 1.165) is 44.2 Å². The summed E-state index contributed by atoms with van der Waals surface area (Å²) in [6, 6.07) is 14.8. The van der Waals surface area contributed by atoms with Crippen molar-refractivity contribution in [3.05, 3.63) is 59.2 Å². The Morgan fingerprint density at radius 2 is 1.75 bits per heavy atom. The standard InChI is InChI=1S/C21H26O3/c1-16-4-6-18(7-5-16)15-22-13-10-17(2)19-8-9-20-21(14-19)24-12-3-11-23-20/h4-9,14,17H,3,10-13,15H2,1-2H3. The summed E-state index contributed by atoms with van der Waals surface area (Å²) in [6.45, 7) is 7.22. The molecule has 0 bridgehead atoms. The minimum atomic E-state index is 0.431. The van der Waals surface area contributed by atoms with Crippen LogP contribution in [0.4, 0.5) is 0 Å². The molecule has 0 fully saturated rings. The topological polar surface area (TPSA) is 27.7 Å². The number of aryl methyl sites for hydroxylation is 1. The van der Waals surface area contributed by atoms with Crippen LogP contribution in [0.3, 0.4) is 0 Å². The highest BCUT2D eigenvalue weighted by Gasteiger charge is 2.13. The number of ether oxygens (including phenoxy) is 3. The van der Waals surface area contributed by atoms with Gasteiger partial charge in [-0.15, -0.1) is 0 Å². The number of hydrogen-bond acceptors (Lipinski definition) is 3. The molecule has 0 spiro atoms. The molecule has 2 aromatic rings. The average molecular weight is 326 g/mol. The van der Waals surface area contributed by atoms with E-state index in [2.05, 4.69) is 50.2 Å². The van der Waals surface area contributed by atoms with Gasteiger partial charge in [0.1, 0.15) is 0 Å². The van der Waals surface area contributed by atoms with Gasteiger partial charge < -0.3 is 14.2 Å². The maximum absolute atomic E-state index is 5.83. The van der Waals surface area contributed by atoms with Gasteiger partial charge in [0.2, 0.25) is 0 Å². The first-order valence-corrected chi connectivity index (χ1v) is 8.75. The molecule has 0 amide bonds. The average Bonchev–Trinajstić information content (AvgIpc) is 2.84. The van der Waals surface area contributed by atoms with Gasteiger partial charge in [-0.2, -0.15) is 0 Å². The van der Waals surface area contributed by atoms with Crippen LogP contribution in [0.25, 0.3) is 0 Å². The summed E-state index contributed by atoms with van der Waals surface area (Å²) >= 11 is 0. The van der Waals surface area contributed by atoms with Crippen molar-refractivity contribution in [1.29, 1.82) is 0 Å². The minimum absolute atomic E-state index is 0.431. The van der Waals surface area contributed by atoms with Crippen LogP contribution >= 0.6 is 0 Å². The summed E-state index contributed by atoms with van der Waals surface area (Å²) in [5, 5.41) is 0. The normalized spacial score (nSPS) is 14.9.